The van der Waals surface area contributed by atoms with Crippen LogP contribution in [0.25, 0.3) is 0 Å². The van der Waals surface area contributed by atoms with E-state index in [4.69, 9.17) is 0 Å². The van der Waals surface area contributed by atoms with Crippen molar-refractivity contribution in [3.63, 3.8) is 0 Å². The zero-order chi connectivity index (χ0) is 17.0. The van der Waals surface area contributed by atoms with Gasteiger partial charge in [-0.1, -0.05) is 31.2 Å². The maximum Gasteiger partial charge on any atom is 0.241 e. The van der Waals surface area contributed by atoms with E-state index in [-0.39, 0.29) is 11.4 Å². The first-order valence-corrected chi connectivity index (χ1v) is 10.4. The van der Waals surface area contributed by atoms with Gasteiger partial charge in [-0.2, -0.15) is 11.8 Å². The molecule has 1 N–H and O–H groups in total. The second-order valence-electron chi connectivity index (χ2n) is 6.82. The molecule has 1 saturated heterocycles. The van der Waals surface area contributed by atoms with E-state index in [1.165, 1.54) is 11.1 Å². The largest absolute Gasteiger partial charge is 0.354 e. The van der Waals surface area contributed by atoms with E-state index in [0.717, 1.165) is 57.9 Å². The van der Waals surface area contributed by atoms with Gasteiger partial charge >= 0.3 is 0 Å². The van der Waals surface area contributed by atoms with E-state index in [1.54, 1.807) is 11.8 Å². The van der Waals surface area contributed by atoms with Gasteiger partial charge in [-0.15, -0.1) is 0 Å². The van der Waals surface area contributed by atoms with Crippen LogP contribution in [0.4, 0.5) is 0 Å². The van der Waals surface area contributed by atoms with E-state index >= 15 is 0 Å². The molecule has 0 radical (unpaired) electrons. The number of nitrogens with one attached hydrogen (secondary N) is 1. The summed E-state index contributed by atoms with van der Waals surface area (Å²) in [7, 11) is 0. The van der Waals surface area contributed by atoms with Crippen molar-refractivity contribution in [1.29, 1.82) is 0 Å². The van der Waals surface area contributed by atoms with E-state index < -0.39 is 0 Å². The number of rotatable bonds is 6. The quantitative estimate of drug-likeness (QED) is 0.794. The van der Waals surface area contributed by atoms with Gasteiger partial charge in [0.15, 0.2) is 0 Å². The molecule has 1 heterocycles. The van der Waals surface area contributed by atoms with Crippen LogP contribution in [0.3, 0.4) is 0 Å². The van der Waals surface area contributed by atoms with Gasteiger partial charge < -0.3 is 10.2 Å². The molecule has 1 aliphatic heterocycles. The summed E-state index contributed by atoms with van der Waals surface area (Å²) in [4.78, 5) is 18.1. The first-order chi connectivity index (χ1) is 11.7. The lowest BCUT2D eigenvalue weighted by atomic mass is 9.91. The molecule has 5 heteroatoms. The molecule has 0 spiro atoms. The smallest absolute Gasteiger partial charge is 0.241 e. The minimum atomic E-state index is -0.387. The molecule has 1 amide bonds. The van der Waals surface area contributed by atoms with Crippen molar-refractivity contribution >= 4 is 17.7 Å². The number of amides is 1. The summed E-state index contributed by atoms with van der Waals surface area (Å²) < 4.78 is 0. The Morgan fingerprint density at radius 3 is 2.33 bits per heavy atom. The Bertz CT molecular complexity index is 544. The van der Waals surface area contributed by atoms with Crippen LogP contribution in [-0.2, 0) is 17.6 Å². The molecule has 2 aliphatic rings. The van der Waals surface area contributed by atoms with Crippen molar-refractivity contribution < 1.29 is 4.79 Å². The monoisotopic (exact) mass is 347 g/mol. The summed E-state index contributed by atoms with van der Waals surface area (Å²) in [6, 6.07) is 8.56. The standard InChI is InChI=1S/C19H29N3OS/c1-3-21-9-11-22(12-10-21)19(18(23)20-8-13-24-2)14-16-6-4-5-7-17(16)15-19/h4-7H,3,8-15H2,1-2H3,(H,20,23). The van der Waals surface area contributed by atoms with E-state index in [2.05, 4.69) is 52.6 Å². The summed E-state index contributed by atoms with van der Waals surface area (Å²) in [5.74, 6) is 1.19. The van der Waals surface area contributed by atoms with Crippen molar-refractivity contribution in [2.24, 2.45) is 0 Å². The van der Waals surface area contributed by atoms with Crippen LogP contribution in [-0.4, -0.2) is 72.5 Å². The Labute approximate surface area is 150 Å². The Kier molecular flexibility index (Phi) is 5.85. The van der Waals surface area contributed by atoms with Gasteiger partial charge in [0.2, 0.25) is 5.91 Å². The van der Waals surface area contributed by atoms with Gasteiger partial charge in [0.25, 0.3) is 0 Å². The Balaban J connectivity index is 1.79. The molecule has 24 heavy (non-hydrogen) atoms. The zero-order valence-corrected chi connectivity index (χ0v) is 15.7. The summed E-state index contributed by atoms with van der Waals surface area (Å²) in [6.07, 6.45) is 3.78. The highest BCUT2D eigenvalue weighted by Gasteiger charge is 2.48. The Hall–Kier alpha value is -1.04. The average molecular weight is 348 g/mol. The lowest BCUT2D eigenvalue weighted by Gasteiger charge is -2.44. The van der Waals surface area contributed by atoms with Crippen LogP contribution in [0.1, 0.15) is 18.1 Å². The number of carbonyl (C=O) groups is 1. The molecule has 0 bridgehead atoms. The first kappa shape index (κ1) is 17.8. The van der Waals surface area contributed by atoms with Crippen LogP contribution in [0.15, 0.2) is 24.3 Å². The van der Waals surface area contributed by atoms with E-state index in [0.29, 0.717) is 0 Å². The van der Waals surface area contributed by atoms with Gasteiger partial charge in [0.05, 0.1) is 0 Å². The lowest BCUT2D eigenvalue weighted by Crippen LogP contribution is -2.64. The number of piperazine rings is 1. The van der Waals surface area contributed by atoms with Gasteiger partial charge in [-0.25, -0.2) is 0 Å². The topological polar surface area (TPSA) is 35.6 Å². The predicted octanol–water partition coefficient (Wildman–Crippen LogP) is 1.64. The third-order valence-corrected chi connectivity index (χ3v) is 6.14. The molecular formula is C19H29N3OS. The van der Waals surface area contributed by atoms with Crippen molar-refractivity contribution in [2.45, 2.75) is 25.3 Å². The van der Waals surface area contributed by atoms with Gasteiger partial charge in [-0.3, -0.25) is 9.69 Å². The number of hydrogen-bond donors (Lipinski definition) is 1. The maximum absolute atomic E-state index is 13.2. The Morgan fingerprint density at radius 1 is 1.17 bits per heavy atom. The van der Waals surface area contributed by atoms with Gasteiger partial charge in [0, 0.05) is 51.3 Å². The van der Waals surface area contributed by atoms with Crippen molar-refractivity contribution in [3.05, 3.63) is 35.4 Å². The normalized spacial score (nSPS) is 20.8. The van der Waals surface area contributed by atoms with Crippen molar-refractivity contribution in [1.82, 2.24) is 15.1 Å². The van der Waals surface area contributed by atoms with Crippen LogP contribution in [0.2, 0.25) is 0 Å². The highest BCUT2D eigenvalue weighted by atomic mass is 32.2. The third kappa shape index (κ3) is 3.48. The fourth-order valence-electron chi connectivity index (χ4n) is 4.05. The molecule has 3 rings (SSSR count). The summed E-state index contributed by atoms with van der Waals surface area (Å²) in [6.45, 7) is 8.16. The minimum Gasteiger partial charge on any atom is -0.354 e. The second kappa shape index (κ2) is 7.89. The number of nitrogens with zero attached hydrogens (tertiary/aromatic N) is 2. The number of carbonyl (C=O) groups excluding carboxylic acids is 1. The van der Waals surface area contributed by atoms with Crippen molar-refractivity contribution in [2.75, 3.05) is 51.3 Å². The summed E-state index contributed by atoms with van der Waals surface area (Å²) in [5.41, 5.74) is 2.30. The third-order valence-electron chi connectivity index (χ3n) is 5.52. The van der Waals surface area contributed by atoms with Crippen LogP contribution in [0, 0.1) is 0 Å². The molecule has 0 aromatic heterocycles. The molecule has 1 aliphatic carbocycles. The molecule has 1 fully saturated rings. The second-order valence-corrected chi connectivity index (χ2v) is 7.81. The minimum absolute atomic E-state index is 0.220. The highest BCUT2D eigenvalue weighted by molar-refractivity contribution is 7.98. The molecule has 0 atom stereocenters. The number of fused-ring (bicyclic) bond motifs is 1. The highest BCUT2D eigenvalue weighted by Crippen LogP contribution is 2.35. The molecule has 1 aromatic rings. The van der Waals surface area contributed by atoms with E-state index in [9.17, 15) is 4.79 Å². The molecule has 0 unspecified atom stereocenters. The van der Waals surface area contributed by atoms with Crippen LogP contribution >= 0.6 is 11.8 Å². The van der Waals surface area contributed by atoms with Crippen LogP contribution in [0.5, 0.6) is 0 Å². The maximum atomic E-state index is 13.2. The predicted molar refractivity (Wildman–Crippen MR) is 102 cm³/mol. The number of thioether (sulfide) groups is 1. The lowest BCUT2D eigenvalue weighted by molar-refractivity contribution is -0.134. The molecule has 1 aromatic carbocycles. The molecule has 4 nitrogen and oxygen atoms in total. The van der Waals surface area contributed by atoms with Gasteiger partial charge in [0.1, 0.15) is 5.54 Å². The first-order valence-electron chi connectivity index (χ1n) is 9.01. The average Bonchev–Trinajstić information content (AvgIpc) is 3.03. The molecule has 0 saturated carbocycles. The number of benzene rings is 1. The van der Waals surface area contributed by atoms with E-state index in [1.807, 2.05) is 0 Å². The van der Waals surface area contributed by atoms with Crippen molar-refractivity contribution in [3.8, 4) is 0 Å². The SMILES string of the molecule is CCN1CCN(C2(C(=O)NCCSC)Cc3ccccc3C2)CC1. The summed E-state index contributed by atoms with van der Waals surface area (Å²) in [5, 5.41) is 3.21. The fraction of sp³-hybridized carbons (Fsp3) is 0.632. The van der Waals surface area contributed by atoms with Gasteiger partial charge in [-0.05, 0) is 23.9 Å². The zero-order valence-electron chi connectivity index (χ0n) is 14.9. The number of hydrogen-bond acceptors (Lipinski definition) is 4. The fourth-order valence-corrected chi connectivity index (χ4v) is 4.35. The molecule has 132 valence electrons. The molecular weight excluding hydrogens is 318 g/mol. The summed E-state index contributed by atoms with van der Waals surface area (Å²) >= 11 is 1.78. The Morgan fingerprint density at radius 2 is 1.79 bits per heavy atom. The van der Waals surface area contributed by atoms with Crippen LogP contribution < -0.4 is 5.32 Å². The number of likely N-dealkylation sites (N-methyl/N-ethyl adjacent to an activating group) is 1.